The summed E-state index contributed by atoms with van der Waals surface area (Å²) in [5.41, 5.74) is 0.990. The van der Waals surface area contributed by atoms with E-state index in [1.165, 1.54) is 25.3 Å². The van der Waals surface area contributed by atoms with E-state index in [4.69, 9.17) is 5.11 Å². The number of carboxylic acid groups (broad SMARTS) is 1. The zero-order chi connectivity index (χ0) is 12.3. The van der Waals surface area contributed by atoms with Gasteiger partial charge in [0.1, 0.15) is 5.69 Å². The van der Waals surface area contributed by atoms with E-state index in [2.05, 4.69) is 16.6 Å². The van der Waals surface area contributed by atoms with Crippen LogP contribution < -0.4 is 5.32 Å². The fraction of sp³-hybridized carbons (Fsp3) is 0.500. The molecule has 92 valence electrons. The molecule has 1 aliphatic carbocycles. The third kappa shape index (κ3) is 2.91. The van der Waals surface area contributed by atoms with Gasteiger partial charge in [0, 0.05) is 11.3 Å². The number of aromatic nitrogens is 1. The van der Waals surface area contributed by atoms with Crippen molar-refractivity contribution in [3.8, 4) is 0 Å². The Morgan fingerprint density at radius 1 is 1.53 bits per heavy atom. The highest BCUT2D eigenvalue weighted by Crippen LogP contribution is 2.30. The van der Waals surface area contributed by atoms with Gasteiger partial charge in [0.15, 0.2) is 0 Å². The van der Waals surface area contributed by atoms with Crippen LogP contribution in [0.25, 0.3) is 0 Å². The summed E-state index contributed by atoms with van der Waals surface area (Å²) in [4.78, 5) is 14.6. The second-order valence-corrected chi connectivity index (χ2v) is 5.27. The van der Waals surface area contributed by atoms with Gasteiger partial charge in [-0.15, -0.1) is 0 Å². The molecular formula is C12H16N2O2S. The average molecular weight is 252 g/mol. The predicted octanol–water partition coefficient (Wildman–Crippen LogP) is 2.48. The van der Waals surface area contributed by atoms with Crippen LogP contribution in [0.1, 0.15) is 29.8 Å². The number of thioether (sulfide) groups is 1. The van der Waals surface area contributed by atoms with Gasteiger partial charge in [-0.05, 0) is 31.2 Å². The number of aromatic carboxylic acids is 1. The molecule has 1 aromatic rings. The van der Waals surface area contributed by atoms with Gasteiger partial charge < -0.3 is 10.4 Å². The van der Waals surface area contributed by atoms with Crippen molar-refractivity contribution in [3.05, 3.63) is 24.0 Å². The molecule has 1 aromatic heterocycles. The molecule has 2 rings (SSSR count). The number of anilines is 1. The maximum Gasteiger partial charge on any atom is 0.354 e. The minimum absolute atomic E-state index is 0.0865. The number of rotatable bonds is 4. The van der Waals surface area contributed by atoms with Crippen molar-refractivity contribution in [2.24, 2.45) is 0 Å². The van der Waals surface area contributed by atoms with Crippen molar-refractivity contribution < 1.29 is 9.90 Å². The van der Waals surface area contributed by atoms with Crippen LogP contribution in [0.3, 0.4) is 0 Å². The van der Waals surface area contributed by atoms with Crippen LogP contribution in [0.2, 0.25) is 0 Å². The van der Waals surface area contributed by atoms with Crippen molar-refractivity contribution in [3.63, 3.8) is 0 Å². The van der Waals surface area contributed by atoms with E-state index in [1.807, 2.05) is 11.8 Å². The predicted molar refractivity (Wildman–Crippen MR) is 69.8 cm³/mol. The molecule has 1 fully saturated rings. The summed E-state index contributed by atoms with van der Waals surface area (Å²) in [6.45, 7) is 0. The lowest BCUT2D eigenvalue weighted by Crippen LogP contribution is -2.25. The second kappa shape index (κ2) is 5.40. The lowest BCUT2D eigenvalue weighted by molar-refractivity contribution is 0.0690. The number of nitrogens with zero attached hydrogens (tertiary/aromatic N) is 1. The minimum atomic E-state index is -0.987. The van der Waals surface area contributed by atoms with Gasteiger partial charge >= 0.3 is 5.97 Å². The summed E-state index contributed by atoms with van der Waals surface area (Å²) in [7, 11) is 0. The van der Waals surface area contributed by atoms with Crippen LogP contribution in [-0.4, -0.2) is 33.6 Å². The summed E-state index contributed by atoms with van der Waals surface area (Å²) in [6.07, 6.45) is 7.41. The molecule has 17 heavy (non-hydrogen) atoms. The first-order chi connectivity index (χ1) is 8.20. The molecule has 0 aliphatic heterocycles. The zero-order valence-corrected chi connectivity index (χ0v) is 10.5. The number of pyridine rings is 1. The second-order valence-electron chi connectivity index (χ2n) is 4.19. The Balaban J connectivity index is 2.01. The van der Waals surface area contributed by atoms with Crippen LogP contribution in [0.5, 0.6) is 0 Å². The van der Waals surface area contributed by atoms with Gasteiger partial charge in [-0.2, -0.15) is 11.8 Å². The summed E-state index contributed by atoms with van der Waals surface area (Å²) in [6, 6.07) is 3.79. The highest BCUT2D eigenvalue weighted by Gasteiger charge is 2.26. The first-order valence-corrected chi connectivity index (χ1v) is 6.98. The lowest BCUT2D eigenvalue weighted by atomic mass is 10.2. The Labute approximate surface area is 105 Å². The molecule has 1 heterocycles. The molecule has 4 nitrogen and oxygen atoms in total. The van der Waals surface area contributed by atoms with Gasteiger partial charge in [-0.1, -0.05) is 6.42 Å². The Morgan fingerprint density at radius 2 is 2.35 bits per heavy atom. The molecule has 2 atom stereocenters. The number of carbonyl (C=O) groups is 1. The summed E-state index contributed by atoms with van der Waals surface area (Å²) in [5, 5.41) is 12.8. The van der Waals surface area contributed by atoms with E-state index in [9.17, 15) is 4.79 Å². The quantitative estimate of drug-likeness (QED) is 0.862. The molecule has 0 amide bonds. The van der Waals surface area contributed by atoms with E-state index >= 15 is 0 Å². The van der Waals surface area contributed by atoms with Crippen molar-refractivity contribution in [2.75, 3.05) is 11.6 Å². The maximum atomic E-state index is 10.7. The van der Waals surface area contributed by atoms with Crippen molar-refractivity contribution in [2.45, 2.75) is 30.6 Å². The SMILES string of the molecule is CSC1CCCC1Nc1ccc(C(=O)O)nc1. The number of hydrogen-bond acceptors (Lipinski definition) is 4. The van der Waals surface area contributed by atoms with Gasteiger partial charge in [0.05, 0.1) is 11.9 Å². The standard InChI is InChI=1S/C12H16N2O2S/c1-17-11-4-2-3-9(11)14-8-5-6-10(12(15)16)13-7-8/h5-7,9,11,14H,2-4H2,1H3,(H,15,16). The summed E-state index contributed by atoms with van der Waals surface area (Å²) in [5.74, 6) is -0.987. The smallest absolute Gasteiger partial charge is 0.354 e. The molecule has 1 saturated carbocycles. The number of carboxylic acids is 1. The largest absolute Gasteiger partial charge is 0.477 e. The van der Waals surface area contributed by atoms with Gasteiger partial charge in [0.2, 0.25) is 0 Å². The third-order valence-corrected chi connectivity index (χ3v) is 4.26. The topological polar surface area (TPSA) is 62.2 Å². The monoisotopic (exact) mass is 252 g/mol. The van der Waals surface area contributed by atoms with E-state index in [0.29, 0.717) is 11.3 Å². The van der Waals surface area contributed by atoms with E-state index < -0.39 is 5.97 Å². The molecule has 0 radical (unpaired) electrons. The molecule has 0 saturated heterocycles. The van der Waals surface area contributed by atoms with Gasteiger partial charge in [0.25, 0.3) is 0 Å². The van der Waals surface area contributed by atoms with Gasteiger partial charge in [-0.25, -0.2) is 9.78 Å². The first kappa shape index (κ1) is 12.2. The third-order valence-electron chi connectivity index (χ3n) is 3.09. The molecule has 0 spiro atoms. The van der Waals surface area contributed by atoms with Crippen LogP contribution in [0.15, 0.2) is 18.3 Å². The first-order valence-electron chi connectivity index (χ1n) is 5.69. The van der Waals surface area contributed by atoms with Crippen molar-refractivity contribution in [1.82, 2.24) is 4.98 Å². The molecule has 0 bridgehead atoms. The van der Waals surface area contributed by atoms with E-state index in [-0.39, 0.29) is 5.69 Å². The minimum Gasteiger partial charge on any atom is -0.477 e. The molecule has 5 heteroatoms. The Bertz CT molecular complexity index is 394. The van der Waals surface area contributed by atoms with E-state index in [1.54, 1.807) is 12.3 Å². The van der Waals surface area contributed by atoms with Crippen LogP contribution >= 0.6 is 11.8 Å². The fourth-order valence-corrected chi connectivity index (χ4v) is 3.13. The van der Waals surface area contributed by atoms with Gasteiger partial charge in [-0.3, -0.25) is 0 Å². The average Bonchev–Trinajstić information content (AvgIpc) is 2.77. The van der Waals surface area contributed by atoms with Crippen molar-refractivity contribution in [1.29, 1.82) is 0 Å². The van der Waals surface area contributed by atoms with Crippen LogP contribution in [0, 0.1) is 0 Å². The van der Waals surface area contributed by atoms with Crippen molar-refractivity contribution >= 4 is 23.4 Å². The summed E-state index contributed by atoms with van der Waals surface area (Å²) < 4.78 is 0. The Kier molecular flexibility index (Phi) is 3.89. The normalized spacial score (nSPS) is 23.6. The Hall–Kier alpha value is -1.23. The fourth-order valence-electron chi connectivity index (χ4n) is 2.19. The lowest BCUT2D eigenvalue weighted by Gasteiger charge is -2.20. The molecule has 2 unspecified atom stereocenters. The van der Waals surface area contributed by atoms with E-state index in [0.717, 1.165) is 5.69 Å². The maximum absolute atomic E-state index is 10.7. The molecule has 1 aliphatic rings. The summed E-state index contributed by atoms with van der Waals surface area (Å²) >= 11 is 1.89. The number of hydrogen-bond donors (Lipinski definition) is 2. The molecule has 0 aromatic carbocycles. The molecule has 2 N–H and O–H groups in total. The Morgan fingerprint density at radius 3 is 2.94 bits per heavy atom. The van der Waals surface area contributed by atoms with Crippen LogP contribution in [0.4, 0.5) is 5.69 Å². The highest BCUT2D eigenvalue weighted by atomic mass is 32.2. The number of nitrogens with one attached hydrogen (secondary N) is 1. The van der Waals surface area contributed by atoms with Crippen LogP contribution in [-0.2, 0) is 0 Å². The molecular weight excluding hydrogens is 236 g/mol. The zero-order valence-electron chi connectivity index (χ0n) is 9.72. The highest BCUT2D eigenvalue weighted by molar-refractivity contribution is 7.99.